The Hall–Kier alpha value is -3.24. The molecule has 1 aliphatic carbocycles. The highest BCUT2D eigenvalue weighted by molar-refractivity contribution is 7.99. The van der Waals surface area contributed by atoms with E-state index < -0.39 is 0 Å². The van der Waals surface area contributed by atoms with E-state index in [1.165, 1.54) is 18.1 Å². The fraction of sp³-hybridized carbons (Fsp3) is 0.200. The van der Waals surface area contributed by atoms with Gasteiger partial charge in [-0.3, -0.25) is 14.3 Å². The molecule has 0 atom stereocenters. The normalized spacial score (nSPS) is 13.3. The summed E-state index contributed by atoms with van der Waals surface area (Å²) in [5.74, 6) is 0.782. The summed E-state index contributed by atoms with van der Waals surface area (Å²) in [5, 5.41) is 17.0. The Kier molecular flexibility index (Phi) is 5.39. The summed E-state index contributed by atoms with van der Waals surface area (Å²) in [6.07, 6.45) is 8.65. The van der Waals surface area contributed by atoms with Crippen LogP contribution in [-0.2, 0) is 4.79 Å². The maximum atomic E-state index is 12.7. The first-order chi connectivity index (χ1) is 15.2. The highest BCUT2D eigenvalue weighted by Gasteiger charge is 2.30. The molecule has 0 radical (unpaired) electrons. The van der Waals surface area contributed by atoms with Crippen LogP contribution in [0.3, 0.4) is 0 Å². The molecule has 9 nitrogen and oxygen atoms in total. The Morgan fingerprint density at radius 2 is 2.13 bits per heavy atom. The van der Waals surface area contributed by atoms with E-state index >= 15 is 0 Å². The Morgan fingerprint density at radius 1 is 1.23 bits per heavy atom. The molecule has 4 aromatic rings. The zero-order chi connectivity index (χ0) is 21.2. The van der Waals surface area contributed by atoms with Gasteiger partial charge in [0, 0.05) is 29.0 Å². The number of carbonyl (C=O) groups excluding carboxylic acids is 1. The third-order valence-electron chi connectivity index (χ3n) is 4.73. The molecule has 3 aromatic heterocycles. The molecule has 156 valence electrons. The Labute approximate surface area is 186 Å². The smallest absolute Gasteiger partial charge is 0.234 e. The van der Waals surface area contributed by atoms with Crippen LogP contribution in [0.25, 0.3) is 17.1 Å². The van der Waals surface area contributed by atoms with Crippen molar-refractivity contribution >= 4 is 35.0 Å². The van der Waals surface area contributed by atoms with E-state index in [0.29, 0.717) is 22.4 Å². The average Bonchev–Trinajstić information content (AvgIpc) is 3.30. The number of aromatic nitrogens is 7. The van der Waals surface area contributed by atoms with Gasteiger partial charge in [0.1, 0.15) is 12.7 Å². The summed E-state index contributed by atoms with van der Waals surface area (Å²) in [5.41, 5.74) is 2.15. The molecule has 1 aliphatic rings. The number of nitrogens with one attached hydrogen (secondary N) is 1. The quantitative estimate of drug-likeness (QED) is 0.427. The molecular weight excluding hydrogens is 436 g/mol. The first-order valence-electron chi connectivity index (χ1n) is 9.61. The van der Waals surface area contributed by atoms with Crippen molar-refractivity contribution in [3.63, 3.8) is 0 Å². The van der Waals surface area contributed by atoms with Crippen molar-refractivity contribution in [1.29, 1.82) is 0 Å². The molecule has 0 saturated heterocycles. The summed E-state index contributed by atoms with van der Waals surface area (Å²) in [7, 11) is 0. The Balaban J connectivity index is 1.32. The number of hydrogen-bond donors (Lipinski definition) is 1. The van der Waals surface area contributed by atoms with Crippen molar-refractivity contribution in [2.24, 2.45) is 0 Å². The zero-order valence-corrected chi connectivity index (χ0v) is 17.8. The number of thioether (sulfide) groups is 1. The first-order valence-corrected chi connectivity index (χ1v) is 11.0. The van der Waals surface area contributed by atoms with Gasteiger partial charge in [0.2, 0.25) is 5.91 Å². The van der Waals surface area contributed by atoms with Gasteiger partial charge < -0.3 is 5.32 Å². The molecule has 1 N–H and O–H groups in total. The molecule has 3 heterocycles. The molecule has 31 heavy (non-hydrogen) atoms. The van der Waals surface area contributed by atoms with Gasteiger partial charge >= 0.3 is 0 Å². The van der Waals surface area contributed by atoms with Crippen LogP contribution in [0.5, 0.6) is 0 Å². The lowest BCUT2D eigenvalue weighted by atomic mass is 10.2. The van der Waals surface area contributed by atoms with E-state index in [9.17, 15) is 4.79 Å². The van der Waals surface area contributed by atoms with Crippen LogP contribution in [-0.4, -0.2) is 46.2 Å². The summed E-state index contributed by atoms with van der Waals surface area (Å²) >= 11 is 7.48. The molecular formula is C20H17ClN8OS. The minimum Gasteiger partial charge on any atom is -0.323 e. The van der Waals surface area contributed by atoms with Crippen LogP contribution in [0.4, 0.5) is 5.69 Å². The summed E-state index contributed by atoms with van der Waals surface area (Å²) in [4.78, 5) is 20.8. The summed E-state index contributed by atoms with van der Waals surface area (Å²) in [6.45, 7) is 0. The summed E-state index contributed by atoms with van der Waals surface area (Å²) in [6, 6.07) is 9.41. The van der Waals surface area contributed by atoms with E-state index in [4.69, 9.17) is 11.6 Å². The lowest BCUT2D eigenvalue weighted by Crippen LogP contribution is -2.16. The predicted octanol–water partition coefficient (Wildman–Crippen LogP) is 3.64. The lowest BCUT2D eigenvalue weighted by molar-refractivity contribution is -0.113. The van der Waals surface area contributed by atoms with Crippen molar-refractivity contribution < 1.29 is 4.79 Å². The highest BCUT2D eigenvalue weighted by Crippen LogP contribution is 2.41. The molecule has 1 fully saturated rings. The number of rotatable bonds is 7. The van der Waals surface area contributed by atoms with Gasteiger partial charge in [-0.25, -0.2) is 9.67 Å². The van der Waals surface area contributed by atoms with Gasteiger partial charge in [-0.1, -0.05) is 23.4 Å². The second-order valence-corrected chi connectivity index (χ2v) is 8.37. The number of hydrogen-bond acceptors (Lipinski definition) is 7. The molecule has 0 spiro atoms. The number of carbonyl (C=O) groups is 1. The molecule has 1 saturated carbocycles. The van der Waals surface area contributed by atoms with Crippen molar-refractivity contribution in [3.8, 4) is 17.1 Å². The third kappa shape index (κ3) is 4.30. The van der Waals surface area contributed by atoms with Gasteiger partial charge in [0.15, 0.2) is 11.0 Å². The van der Waals surface area contributed by atoms with Crippen molar-refractivity contribution in [2.45, 2.75) is 24.0 Å². The topological polar surface area (TPSA) is 103 Å². The summed E-state index contributed by atoms with van der Waals surface area (Å²) < 4.78 is 3.68. The first kappa shape index (κ1) is 19.7. The molecule has 1 aromatic carbocycles. The van der Waals surface area contributed by atoms with E-state index in [1.54, 1.807) is 41.6 Å². The van der Waals surface area contributed by atoms with Crippen molar-refractivity contribution in [1.82, 2.24) is 34.5 Å². The van der Waals surface area contributed by atoms with E-state index in [1.807, 2.05) is 12.1 Å². The minimum absolute atomic E-state index is 0.179. The fourth-order valence-electron chi connectivity index (χ4n) is 3.19. The van der Waals surface area contributed by atoms with E-state index in [2.05, 4.69) is 35.1 Å². The number of anilines is 1. The third-order valence-corrected chi connectivity index (χ3v) is 5.91. The molecule has 0 bridgehead atoms. The lowest BCUT2D eigenvalue weighted by Gasteiger charge is -2.12. The monoisotopic (exact) mass is 452 g/mol. The number of benzene rings is 1. The van der Waals surface area contributed by atoms with Crippen LogP contribution in [0.2, 0.25) is 5.02 Å². The fourth-order valence-corrected chi connectivity index (χ4v) is 4.16. The molecule has 11 heteroatoms. The number of nitrogens with zero attached hydrogens (tertiary/aromatic N) is 7. The maximum absolute atomic E-state index is 12.7. The highest BCUT2D eigenvalue weighted by atomic mass is 35.5. The second-order valence-electron chi connectivity index (χ2n) is 6.99. The van der Waals surface area contributed by atoms with Crippen molar-refractivity contribution in [3.05, 3.63) is 60.4 Å². The number of pyridine rings is 1. The van der Waals surface area contributed by atoms with Gasteiger partial charge in [-0.05, 0) is 43.2 Å². The van der Waals surface area contributed by atoms with E-state index in [0.717, 1.165) is 29.4 Å². The molecule has 0 unspecified atom stereocenters. The van der Waals surface area contributed by atoms with Gasteiger partial charge in [0.05, 0.1) is 17.1 Å². The van der Waals surface area contributed by atoms with Gasteiger partial charge in [-0.15, -0.1) is 10.2 Å². The van der Waals surface area contributed by atoms with Crippen LogP contribution in [0, 0.1) is 0 Å². The van der Waals surface area contributed by atoms with Gasteiger partial charge in [-0.2, -0.15) is 5.10 Å². The van der Waals surface area contributed by atoms with E-state index in [-0.39, 0.29) is 11.7 Å². The van der Waals surface area contributed by atoms with Crippen LogP contribution >= 0.6 is 23.4 Å². The van der Waals surface area contributed by atoms with Crippen LogP contribution in [0.15, 0.2) is 60.5 Å². The Bertz CT molecular complexity index is 1210. The molecule has 0 aliphatic heterocycles. The van der Waals surface area contributed by atoms with Gasteiger partial charge in [0.25, 0.3) is 0 Å². The average molecular weight is 453 g/mol. The predicted molar refractivity (Wildman–Crippen MR) is 117 cm³/mol. The Morgan fingerprint density at radius 3 is 2.87 bits per heavy atom. The maximum Gasteiger partial charge on any atom is 0.234 e. The largest absolute Gasteiger partial charge is 0.323 e. The minimum atomic E-state index is -0.179. The number of amides is 1. The SMILES string of the molecule is O=C(CSc1nnc(-c2cccnc2)n1C1CC1)Nc1cc(Cl)ccc1-n1cncn1. The van der Waals surface area contributed by atoms with Crippen molar-refractivity contribution in [2.75, 3.05) is 11.1 Å². The standard InChI is InChI=1S/C20H17ClN8OS/c21-14-3-6-17(28-12-23-11-24-28)16(8-14)25-18(30)10-31-20-27-26-19(29(20)15-4-5-15)13-2-1-7-22-9-13/h1-3,6-9,11-12,15H,4-5,10H2,(H,25,30). The number of halogens is 1. The zero-order valence-electron chi connectivity index (χ0n) is 16.2. The van der Waals surface area contributed by atoms with Crippen LogP contribution in [0.1, 0.15) is 18.9 Å². The molecule has 5 rings (SSSR count). The second kappa shape index (κ2) is 8.48. The van der Waals surface area contributed by atoms with Crippen LogP contribution < -0.4 is 5.32 Å². The molecule has 1 amide bonds.